The molecule has 2 aliphatic carbocycles. The number of aliphatic hydroxyl groups is 1. The lowest BCUT2D eigenvalue weighted by Gasteiger charge is -2.30. The van der Waals surface area contributed by atoms with Crippen LogP contribution in [-0.2, 0) is 10.2 Å². The summed E-state index contributed by atoms with van der Waals surface area (Å²) >= 11 is 1.69. The minimum atomic E-state index is -0.383. The lowest BCUT2D eigenvalue weighted by atomic mass is 9.82. The molecule has 0 radical (unpaired) electrons. The second kappa shape index (κ2) is 7.14. The summed E-state index contributed by atoms with van der Waals surface area (Å²) in [6, 6.07) is 4.12. The second-order valence-electron chi connectivity index (χ2n) is 6.94. The molecule has 2 aliphatic rings. The highest BCUT2D eigenvalue weighted by molar-refractivity contribution is 7.10. The van der Waals surface area contributed by atoms with Crippen molar-refractivity contribution >= 4 is 17.2 Å². The van der Waals surface area contributed by atoms with E-state index in [9.17, 15) is 9.90 Å². The number of hydrogen-bond acceptors (Lipinski definition) is 3. The fraction of sp³-hybridized carbons (Fsp3) is 0.722. The van der Waals surface area contributed by atoms with Gasteiger partial charge in [0.25, 0.3) is 0 Å². The van der Waals surface area contributed by atoms with E-state index in [1.807, 2.05) is 6.07 Å². The monoisotopic (exact) mass is 321 g/mol. The maximum absolute atomic E-state index is 12.8. The lowest BCUT2D eigenvalue weighted by Crippen LogP contribution is -2.46. The number of amides is 1. The summed E-state index contributed by atoms with van der Waals surface area (Å²) in [5.74, 6) is 0.498. The van der Waals surface area contributed by atoms with Crippen LogP contribution in [0.4, 0.5) is 0 Å². The number of hydrogen-bond donors (Lipinski definition) is 2. The Morgan fingerprint density at radius 3 is 2.64 bits per heavy atom. The van der Waals surface area contributed by atoms with Crippen LogP contribution < -0.4 is 5.32 Å². The standard InChI is InChI=1S/C18H27NO2S/c20-15(14-7-2-1-3-8-14)13-19-17(21)18(10-4-5-11-18)16-9-6-12-22-16/h6,9,12,14-15,20H,1-5,7-8,10-11,13H2,(H,19,21)/t15-/m1/s1. The van der Waals surface area contributed by atoms with E-state index in [0.29, 0.717) is 12.5 Å². The van der Waals surface area contributed by atoms with E-state index in [1.165, 1.54) is 24.1 Å². The van der Waals surface area contributed by atoms with E-state index in [4.69, 9.17) is 0 Å². The van der Waals surface area contributed by atoms with Crippen LogP contribution in [0.5, 0.6) is 0 Å². The van der Waals surface area contributed by atoms with Gasteiger partial charge < -0.3 is 10.4 Å². The fourth-order valence-corrected chi connectivity index (χ4v) is 5.15. The van der Waals surface area contributed by atoms with Crippen LogP contribution in [0.2, 0.25) is 0 Å². The zero-order valence-corrected chi connectivity index (χ0v) is 14.0. The first-order valence-corrected chi connectivity index (χ1v) is 9.61. The summed E-state index contributed by atoms with van der Waals surface area (Å²) in [5, 5.41) is 15.5. The van der Waals surface area contributed by atoms with Crippen molar-refractivity contribution in [1.29, 1.82) is 0 Å². The van der Waals surface area contributed by atoms with E-state index >= 15 is 0 Å². The molecule has 0 aliphatic heterocycles. The highest BCUT2D eigenvalue weighted by Crippen LogP contribution is 2.43. The third-order valence-electron chi connectivity index (χ3n) is 5.55. The minimum absolute atomic E-state index is 0.127. The summed E-state index contributed by atoms with van der Waals surface area (Å²) in [6.45, 7) is 0.413. The number of carbonyl (C=O) groups excluding carboxylic acids is 1. The van der Waals surface area contributed by atoms with E-state index in [0.717, 1.165) is 38.5 Å². The zero-order chi connectivity index (χ0) is 15.4. The number of aliphatic hydroxyl groups excluding tert-OH is 1. The van der Waals surface area contributed by atoms with Crippen molar-refractivity contribution in [2.75, 3.05) is 6.54 Å². The quantitative estimate of drug-likeness (QED) is 0.870. The van der Waals surface area contributed by atoms with E-state index in [1.54, 1.807) is 11.3 Å². The molecular weight excluding hydrogens is 294 g/mol. The topological polar surface area (TPSA) is 49.3 Å². The van der Waals surface area contributed by atoms with Gasteiger partial charge in [0.05, 0.1) is 11.5 Å². The Morgan fingerprint density at radius 2 is 2.00 bits per heavy atom. The lowest BCUT2D eigenvalue weighted by molar-refractivity contribution is -0.127. The molecule has 0 aromatic carbocycles. The first-order valence-electron chi connectivity index (χ1n) is 8.73. The molecule has 122 valence electrons. The number of nitrogens with one attached hydrogen (secondary N) is 1. The molecular formula is C18H27NO2S. The summed E-state index contributed by atoms with van der Waals surface area (Å²) < 4.78 is 0. The predicted octanol–water partition coefficient (Wildman–Crippen LogP) is 3.62. The SMILES string of the molecule is O=C(NC[C@@H](O)C1CCCCC1)C1(c2cccs2)CCCC1. The van der Waals surface area contributed by atoms with Gasteiger partial charge in [-0.1, -0.05) is 38.2 Å². The van der Waals surface area contributed by atoms with Crippen LogP contribution in [0.1, 0.15) is 62.7 Å². The molecule has 4 heteroatoms. The Hall–Kier alpha value is -0.870. The van der Waals surface area contributed by atoms with Crippen LogP contribution in [0.3, 0.4) is 0 Å². The van der Waals surface area contributed by atoms with E-state index < -0.39 is 0 Å². The first kappa shape index (κ1) is 16.0. The smallest absolute Gasteiger partial charge is 0.231 e. The maximum Gasteiger partial charge on any atom is 0.231 e. The average molecular weight is 321 g/mol. The Balaban J connectivity index is 1.60. The van der Waals surface area contributed by atoms with Gasteiger partial charge in [-0.25, -0.2) is 0 Å². The molecule has 1 aromatic heterocycles. The summed E-state index contributed by atoms with van der Waals surface area (Å²) in [7, 11) is 0. The number of carbonyl (C=O) groups is 1. The van der Waals surface area contributed by atoms with Crippen molar-refractivity contribution in [1.82, 2.24) is 5.32 Å². The highest BCUT2D eigenvalue weighted by Gasteiger charge is 2.43. The second-order valence-corrected chi connectivity index (χ2v) is 7.89. The largest absolute Gasteiger partial charge is 0.391 e. The zero-order valence-electron chi connectivity index (χ0n) is 13.2. The molecule has 1 amide bonds. The molecule has 0 bridgehead atoms. The molecule has 0 unspecified atom stereocenters. The number of thiophene rings is 1. The number of rotatable bonds is 5. The Kier molecular flexibility index (Phi) is 5.19. The van der Waals surface area contributed by atoms with Crippen LogP contribution in [0, 0.1) is 5.92 Å². The van der Waals surface area contributed by atoms with E-state index in [-0.39, 0.29) is 17.4 Å². The first-order chi connectivity index (χ1) is 10.7. The predicted molar refractivity (Wildman–Crippen MR) is 90.1 cm³/mol. The Bertz CT molecular complexity index is 473. The van der Waals surface area contributed by atoms with Gasteiger partial charge in [0.2, 0.25) is 5.91 Å². The van der Waals surface area contributed by atoms with Crippen LogP contribution in [0.25, 0.3) is 0 Å². The Labute approximate surface area is 137 Å². The van der Waals surface area contributed by atoms with Gasteiger partial charge in [-0.05, 0) is 43.0 Å². The van der Waals surface area contributed by atoms with Crippen molar-refractivity contribution < 1.29 is 9.90 Å². The fourth-order valence-electron chi connectivity index (χ4n) is 4.17. The Morgan fingerprint density at radius 1 is 1.27 bits per heavy atom. The molecule has 1 aromatic rings. The molecule has 0 spiro atoms. The van der Waals surface area contributed by atoms with Crippen LogP contribution in [0.15, 0.2) is 17.5 Å². The van der Waals surface area contributed by atoms with Gasteiger partial charge in [-0.3, -0.25) is 4.79 Å². The third-order valence-corrected chi connectivity index (χ3v) is 6.62. The summed E-state index contributed by atoms with van der Waals surface area (Å²) in [6.07, 6.45) is 9.68. The molecule has 0 saturated heterocycles. The molecule has 22 heavy (non-hydrogen) atoms. The third kappa shape index (κ3) is 3.23. The van der Waals surface area contributed by atoms with Crippen molar-refractivity contribution in [3.63, 3.8) is 0 Å². The van der Waals surface area contributed by atoms with Gasteiger partial charge in [-0.15, -0.1) is 11.3 Å². The highest BCUT2D eigenvalue weighted by atomic mass is 32.1. The maximum atomic E-state index is 12.8. The minimum Gasteiger partial charge on any atom is -0.391 e. The van der Waals surface area contributed by atoms with Crippen molar-refractivity contribution in [2.45, 2.75) is 69.3 Å². The van der Waals surface area contributed by atoms with Gasteiger partial charge in [-0.2, -0.15) is 0 Å². The van der Waals surface area contributed by atoms with Gasteiger partial charge in [0, 0.05) is 11.4 Å². The van der Waals surface area contributed by atoms with Gasteiger partial charge >= 0.3 is 0 Å². The van der Waals surface area contributed by atoms with Crippen molar-refractivity contribution in [3.05, 3.63) is 22.4 Å². The molecule has 2 N–H and O–H groups in total. The summed E-state index contributed by atoms with van der Waals surface area (Å²) in [5.41, 5.74) is -0.333. The molecule has 3 nitrogen and oxygen atoms in total. The molecule has 1 heterocycles. The normalized spacial score (nSPS) is 23.3. The van der Waals surface area contributed by atoms with E-state index in [2.05, 4.69) is 16.8 Å². The van der Waals surface area contributed by atoms with Gasteiger partial charge in [0.15, 0.2) is 0 Å². The molecule has 3 rings (SSSR count). The molecule has 1 atom stereocenters. The van der Waals surface area contributed by atoms with Crippen molar-refractivity contribution in [2.24, 2.45) is 5.92 Å². The molecule has 2 fully saturated rings. The van der Waals surface area contributed by atoms with Gasteiger partial charge in [0.1, 0.15) is 0 Å². The summed E-state index contributed by atoms with van der Waals surface area (Å²) in [4.78, 5) is 14.0. The average Bonchev–Trinajstić information content (AvgIpc) is 3.24. The van der Waals surface area contributed by atoms with Crippen LogP contribution >= 0.6 is 11.3 Å². The molecule has 2 saturated carbocycles. The van der Waals surface area contributed by atoms with Crippen molar-refractivity contribution in [3.8, 4) is 0 Å². The van der Waals surface area contributed by atoms with Crippen LogP contribution in [-0.4, -0.2) is 23.7 Å².